The zero-order chi connectivity index (χ0) is 9.68. The predicted octanol–water partition coefficient (Wildman–Crippen LogP) is -0.337. The number of benzene rings is 1. The van der Waals surface area contributed by atoms with Crippen LogP contribution >= 0.6 is 0 Å². The van der Waals surface area contributed by atoms with Gasteiger partial charge < -0.3 is 0 Å². The number of amides is 2. The van der Waals surface area contributed by atoms with Crippen molar-refractivity contribution in [3.05, 3.63) is 35.9 Å². The van der Waals surface area contributed by atoms with Crippen molar-refractivity contribution in [2.75, 3.05) is 0 Å². The number of carbonyl (C=O) groups excluding carboxylic acids is 2. The Hall–Kier alpha value is -1.88. The fourth-order valence-corrected chi connectivity index (χ4v) is 0.835. The molecule has 0 heterocycles. The van der Waals surface area contributed by atoms with Crippen LogP contribution < -0.4 is 11.3 Å². The number of nitrogens with two attached hydrogens (primary N) is 1. The number of nitrogens with zero attached hydrogens (tertiary/aromatic N) is 1. The lowest BCUT2D eigenvalue weighted by molar-refractivity contribution is -0.113. The zero-order valence-corrected chi connectivity index (χ0v) is 6.81. The lowest BCUT2D eigenvalue weighted by atomic mass is 10.2. The molecule has 0 fully saturated rings. The van der Waals surface area contributed by atoms with Gasteiger partial charge in [0.15, 0.2) is 0 Å². The van der Waals surface area contributed by atoms with Gasteiger partial charge in [0.1, 0.15) is 0 Å². The normalized spacial score (nSPS) is 9.00. The molecule has 5 nitrogen and oxygen atoms in total. The summed E-state index contributed by atoms with van der Waals surface area (Å²) in [5.74, 6) is 4.74. The van der Waals surface area contributed by atoms with Gasteiger partial charge in [-0.1, -0.05) is 18.2 Å². The molecule has 0 atom stereocenters. The summed E-state index contributed by atoms with van der Waals surface area (Å²) in [5.41, 5.74) is 2.44. The number of carbonyl (C=O) groups is 2. The molecule has 13 heavy (non-hydrogen) atoms. The Labute approximate surface area is 75.1 Å². The number of nitrogens with one attached hydrogen (secondary N) is 1. The third kappa shape index (κ3) is 2.28. The van der Waals surface area contributed by atoms with Crippen LogP contribution in [0.25, 0.3) is 0 Å². The van der Waals surface area contributed by atoms with Gasteiger partial charge in [0.05, 0.1) is 0 Å². The number of hydrazine groups is 2. The van der Waals surface area contributed by atoms with Crippen LogP contribution in [0.1, 0.15) is 10.4 Å². The van der Waals surface area contributed by atoms with E-state index in [1.807, 2.05) is 5.43 Å². The van der Waals surface area contributed by atoms with Crippen molar-refractivity contribution in [3.8, 4) is 0 Å². The molecule has 0 bridgehead atoms. The van der Waals surface area contributed by atoms with Gasteiger partial charge in [-0.25, -0.2) is 5.84 Å². The van der Waals surface area contributed by atoms with Crippen molar-refractivity contribution in [3.63, 3.8) is 0 Å². The number of hydrogen-bond donors (Lipinski definition) is 2. The summed E-state index contributed by atoms with van der Waals surface area (Å²) in [6, 6.07) is 8.41. The first-order chi connectivity index (χ1) is 6.25. The lowest BCUT2D eigenvalue weighted by Crippen LogP contribution is -2.47. The predicted molar refractivity (Wildman–Crippen MR) is 46.0 cm³/mol. The van der Waals surface area contributed by atoms with E-state index in [0.29, 0.717) is 17.1 Å². The van der Waals surface area contributed by atoms with Gasteiger partial charge in [0.2, 0.25) is 6.41 Å². The molecule has 2 amide bonds. The molecule has 0 saturated heterocycles. The van der Waals surface area contributed by atoms with Gasteiger partial charge in [-0.2, -0.15) is 5.12 Å². The molecule has 3 N–H and O–H groups in total. The van der Waals surface area contributed by atoms with Crippen LogP contribution in [0.5, 0.6) is 0 Å². The lowest BCUT2D eigenvalue weighted by Gasteiger charge is -2.13. The Morgan fingerprint density at radius 2 is 2.00 bits per heavy atom. The molecule has 0 spiro atoms. The molecule has 68 valence electrons. The largest absolute Gasteiger partial charge is 0.287 e. The maximum absolute atomic E-state index is 11.3. The molecular weight excluding hydrogens is 170 g/mol. The first-order valence-electron chi connectivity index (χ1n) is 3.59. The molecule has 0 aromatic heterocycles. The third-order valence-corrected chi connectivity index (χ3v) is 1.43. The molecule has 0 aliphatic carbocycles. The first-order valence-corrected chi connectivity index (χ1v) is 3.59. The van der Waals surface area contributed by atoms with Crippen molar-refractivity contribution in [2.45, 2.75) is 0 Å². The molecule has 1 rings (SSSR count). The fourth-order valence-electron chi connectivity index (χ4n) is 0.835. The van der Waals surface area contributed by atoms with Crippen LogP contribution in [-0.2, 0) is 4.79 Å². The Kier molecular flexibility index (Phi) is 2.99. The highest BCUT2D eigenvalue weighted by Crippen LogP contribution is 1.99. The van der Waals surface area contributed by atoms with E-state index in [-0.39, 0.29) is 0 Å². The minimum Gasteiger partial charge on any atom is -0.277 e. The summed E-state index contributed by atoms with van der Waals surface area (Å²) in [4.78, 5) is 21.3. The van der Waals surface area contributed by atoms with Crippen molar-refractivity contribution >= 4 is 12.3 Å². The van der Waals surface area contributed by atoms with Crippen molar-refractivity contribution in [1.82, 2.24) is 10.5 Å². The highest BCUT2D eigenvalue weighted by Gasteiger charge is 2.09. The Morgan fingerprint density at radius 3 is 2.54 bits per heavy atom. The molecular formula is C8H9N3O2. The van der Waals surface area contributed by atoms with E-state index in [1.165, 1.54) is 0 Å². The summed E-state index contributed by atoms with van der Waals surface area (Å²) in [6.45, 7) is 0. The van der Waals surface area contributed by atoms with Gasteiger partial charge in [0, 0.05) is 5.56 Å². The van der Waals surface area contributed by atoms with Crippen LogP contribution in [0, 0.1) is 0 Å². The number of hydrogen-bond acceptors (Lipinski definition) is 3. The second kappa shape index (κ2) is 4.22. The molecule has 0 aliphatic heterocycles. The van der Waals surface area contributed by atoms with Gasteiger partial charge in [-0.15, -0.1) is 0 Å². The minimum absolute atomic E-state index is 0.334. The van der Waals surface area contributed by atoms with Crippen LogP contribution in [0.15, 0.2) is 30.3 Å². The van der Waals surface area contributed by atoms with Gasteiger partial charge in [-0.3, -0.25) is 15.0 Å². The van der Waals surface area contributed by atoms with Gasteiger partial charge in [0.25, 0.3) is 5.91 Å². The molecule has 0 saturated carbocycles. The third-order valence-electron chi connectivity index (χ3n) is 1.43. The molecule has 0 aliphatic rings. The summed E-state index contributed by atoms with van der Waals surface area (Å²) in [5, 5.41) is 0.627. The summed E-state index contributed by atoms with van der Waals surface area (Å²) < 4.78 is 0. The number of rotatable bonds is 3. The maximum Gasteiger partial charge on any atom is 0.287 e. The van der Waals surface area contributed by atoms with Crippen molar-refractivity contribution in [1.29, 1.82) is 0 Å². The quantitative estimate of drug-likeness (QED) is 0.288. The van der Waals surface area contributed by atoms with E-state index in [0.717, 1.165) is 0 Å². The van der Waals surface area contributed by atoms with E-state index in [4.69, 9.17) is 5.84 Å². The van der Waals surface area contributed by atoms with Crippen LogP contribution in [0.2, 0.25) is 0 Å². The monoisotopic (exact) mass is 179 g/mol. The molecule has 0 unspecified atom stereocenters. The Morgan fingerprint density at radius 1 is 1.38 bits per heavy atom. The molecule has 1 aromatic rings. The highest BCUT2D eigenvalue weighted by atomic mass is 16.2. The van der Waals surface area contributed by atoms with Crippen LogP contribution in [0.3, 0.4) is 0 Å². The first kappa shape index (κ1) is 9.21. The molecule has 1 aromatic carbocycles. The average molecular weight is 179 g/mol. The Bertz CT molecular complexity index is 300. The van der Waals surface area contributed by atoms with E-state index in [9.17, 15) is 9.59 Å². The SMILES string of the molecule is NN(NC=O)C(=O)c1ccccc1. The van der Waals surface area contributed by atoms with Crippen LogP contribution in [0.4, 0.5) is 0 Å². The van der Waals surface area contributed by atoms with E-state index in [2.05, 4.69) is 0 Å². The standard InChI is InChI=1S/C8H9N3O2/c9-11(10-6-12)8(13)7-4-2-1-3-5-7/h1-6H,9H2,(H,10,12). The van der Waals surface area contributed by atoms with E-state index in [1.54, 1.807) is 30.3 Å². The summed E-state index contributed by atoms with van der Waals surface area (Å²) in [7, 11) is 0. The molecule has 0 radical (unpaired) electrons. The second-order valence-electron chi connectivity index (χ2n) is 2.29. The van der Waals surface area contributed by atoms with E-state index < -0.39 is 5.91 Å². The topological polar surface area (TPSA) is 75.4 Å². The van der Waals surface area contributed by atoms with Crippen LogP contribution in [-0.4, -0.2) is 17.4 Å². The second-order valence-corrected chi connectivity index (χ2v) is 2.29. The summed E-state index contributed by atoms with van der Waals surface area (Å²) in [6.07, 6.45) is 0.334. The minimum atomic E-state index is -0.465. The smallest absolute Gasteiger partial charge is 0.277 e. The molecule has 5 heteroatoms. The van der Waals surface area contributed by atoms with E-state index >= 15 is 0 Å². The van der Waals surface area contributed by atoms with Crippen molar-refractivity contribution < 1.29 is 9.59 Å². The van der Waals surface area contributed by atoms with Crippen molar-refractivity contribution in [2.24, 2.45) is 5.84 Å². The zero-order valence-electron chi connectivity index (χ0n) is 6.81. The maximum atomic E-state index is 11.3. The summed E-state index contributed by atoms with van der Waals surface area (Å²) >= 11 is 0. The Balaban J connectivity index is 2.73. The average Bonchev–Trinajstić information content (AvgIpc) is 2.18. The van der Waals surface area contributed by atoms with Gasteiger partial charge >= 0.3 is 0 Å². The fraction of sp³-hybridized carbons (Fsp3) is 0. The van der Waals surface area contributed by atoms with Gasteiger partial charge in [-0.05, 0) is 12.1 Å². The highest BCUT2D eigenvalue weighted by molar-refractivity contribution is 5.93.